The topological polar surface area (TPSA) is 64.7 Å². The normalized spacial score (nSPS) is 11.5. The zero-order valence-electron chi connectivity index (χ0n) is 39.9. The fourth-order valence-corrected chi connectivity index (χ4v) is 11.4. The second kappa shape index (κ2) is 18.2. The van der Waals surface area contributed by atoms with Gasteiger partial charge in [-0.25, -0.2) is 15.0 Å². The van der Waals surface area contributed by atoms with Crippen LogP contribution in [0.4, 0.5) is 0 Å². The van der Waals surface area contributed by atoms with E-state index < -0.39 is 0 Å². The van der Waals surface area contributed by atoms with Gasteiger partial charge in [-0.05, 0) is 104 Å². The molecular weight excluding hydrogens is 921 g/mol. The van der Waals surface area contributed by atoms with E-state index in [9.17, 15) is 0 Å². The number of para-hydroxylation sites is 1. The Morgan fingerprint density at radius 3 is 1.16 bits per heavy atom. The second-order valence-corrected chi connectivity index (χ2v) is 19.6. The predicted octanol–water partition coefficient (Wildman–Crippen LogP) is 18.5. The number of aromatic nitrogens is 4. The van der Waals surface area contributed by atoms with Gasteiger partial charge in [-0.2, -0.15) is 4.98 Å². The molecule has 4 heterocycles. The SMILES string of the molecule is c1ccc(-c2cccc(-c3nc(-c4cccc(-c5cccc(-c6cccc(-c7cccc(-c8nc(-c9cccc(-c%10ccccc%10)c9)c9c(n8)sc8ccccc89)c7)c6)c5)c4)nc4oc5ccccc5c34)c2)cc1. The first kappa shape index (κ1) is 43.2. The smallest absolute Gasteiger partial charge is 0.231 e. The van der Waals surface area contributed by atoms with Gasteiger partial charge in [0.2, 0.25) is 5.71 Å². The third-order valence-electron chi connectivity index (χ3n) is 13.9. The molecule has 5 nitrogen and oxygen atoms in total. The molecule has 0 saturated carbocycles. The number of thiophene rings is 1. The van der Waals surface area contributed by atoms with E-state index in [-0.39, 0.29) is 0 Å². The lowest BCUT2D eigenvalue weighted by molar-refractivity contribution is 0.653. The Kier molecular flexibility index (Phi) is 10.6. The lowest BCUT2D eigenvalue weighted by Crippen LogP contribution is -1.94. The second-order valence-electron chi connectivity index (χ2n) is 18.6. The molecular formula is C68H42N4OS. The average molecular weight is 963 g/mol. The van der Waals surface area contributed by atoms with E-state index in [1.54, 1.807) is 11.3 Å². The molecule has 4 aromatic heterocycles. The first-order valence-electron chi connectivity index (χ1n) is 24.8. The van der Waals surface area contributed by atoms with Gasteiger partial charge < -0.3 is 4.42 Å². The predicted molar refractivity (Wildman–Crippen MR) is 307 cm³/mol. The largest absolute Gasteiger partial charge is 0.438 e. The quantitative estimate of drug-likeness (QED) is 0.144. The fraction of sp³-hybridized carbons (Fsp3) is 0. The zero-order valence-corrected chi connectivity index (χ0v) is 40.7. The van der Waals surface area contributed by atoms with E-state index in [4.69, 9.17) is 24.4 Å². The van der Waals surface area contributed by atoms with Crippen LogP contribution >= 0.6 is 11.3 Å². The standard InChI is InChI=1S/C68H42N4OS/c1-3-17-43(18-4-1)45-21-13-29-53(39-45)63-61-57-33-7-9-35-59(57)73-67(61)71-65(69-63)55-31-15-27-51(41-55)49-25-11-23-47(37-49)48-24-12-26-50(38-48)52-28-16-32-56(42-52)66-70-64(62-58-34-8-10-36-60(58)74-68(62)72-66)54-30-14-22-46(40-54)44-19-5-2-6-20-44/h1-42H. The molecule has 10 aromatic carbocycles. The number of fused-ring (bicyclic) bond motifs is 6. The van der Waals surface area contributed by atoms with Crippen LogP contribution < -0.4 is 0 Å². The Bertz CT molecular complexity index is 4160. The van der Waals surface area contributed by atoms with Gasteiger partial charge in [-0.15, -0.1) is 11.3 Å². The van der Waals surface area contributed by atoms with Crippen molar-refractivity contribution in [1.29, 1.82) is 0 Å². The van der Waals surface area contributed by atoms with Crippen molar-refractivity contribution in [1.82, 2.24) is 19.9 Å². The molecule has 0 fully saturated rings. The van der Waals surface area contributed by atoms with Crippen molar-refractivity contribution >= 4 is 53.7 Å². The summed E-state index contributed by atoms with van der Waals surface area (Å²) in [4.78, 5) is 22.1. The van der Waals surface area contributed by atoms with Gasteiger partial charge in [-0.1, -0.05) is 206 Å². The molecule has 6 heteroatoms. The Morgan fingerprint density at radius 1 is 0.270 bits per heavy atom. The molecule has 0 aliphatic rings. The Morgan fingerprint density at radius 2 is 0.635 bits per heavy atom. The number of benzene rings is 10. The van der Waals surface area contributed by atoms with Crippen LogP contribution in [-0.4, -0.2) is 19.9 Å². The average Bonchev–Trinajstić information content (AvgIpc) is 4.07. The maximum atomic E-state index is 6.45. The van der Waals surface area contributed by atoms with Crippen molar-refractivity contribution < 1.29 is 4.42 Å². The highest BCUT2D eigenvalue weighted by atomic mass is 32.1. The summed E-state index contributed by atoms with van der Waals surface area (Å²) in [6.45, 7) is 0. The highest BCUT2D eigenvalue weighted by Crippen LogP contribution is 2.42. The van der Waals surface area contributed by atoms with E-state index in [1.807, 2.05) is 24.3 Å². The van der Waals surface area contributed by atoms with E-state index >= 15 is 0 Å². The van der Waals surface area contributed by atoms with Gasteiger partial charge in [0.15, 0.2) is 11.6 Å². The van der Waals surface area contributed by atoms with Crippen LogP contribution in [0.3, 0.4) is 0 Å². The van der Waals surface area contributed by atoms with E-state index in [1.165, 1.54) is 15.6 Å². The van der Waals surface area contributed by atoms with Crippen molar-refractivity contribution in [3.05, 3.63) is 255 Å². The van der Waals surface area contributed by atoms with Crippen LogP contribution in [0.15, 0.2) is 259 Å². The van der Waals surface area contributed by atoms with Crippen LogP contribution in [0.1, 0.15) is 0 Å². The summed E-state index contributed by atoms with van der Waals surface area (Å²) in [7, 11) is 0. The molecule has 0 radical (unpaired) electrons. The van der Waals surface area contributed by atoms with Crippen LogP contribution in [-0.2, 0) is 0 Å². The Hall–Kier alpha value is -9.62. The van der Waals surface area contributed by atoms with Crippen molar-refractivity contribution in [2.24, 2.45) is 0 Å². The summed E-state index contributed by atoms with van der Waals surface area (Å²) in [5, 5.41) is 4.16. The summed E-state index contributed by atoms with van der Waals surface area (Å²) < 4.78 is 7.64. The summed E-state index contributed by atoms with van der Waals surface area (Å²) in [6, 6.07) is 89.5. The molecule has 346 valence electrons. The molecule has 74 heavy (non-hydrogen) atoms. The molecule has 0 unspecified atom stereocenters. The number of nitrogens with zero attached hydrogens (tertiary/aromatic N) is 4. The van der Waals surface area contributed by atoms with Crippen LogP contribution in [0.25, 0.3) is 143 Å². The number of rotatable bonds is 9. The van der Waals surface area contributed by atoms with E-state index in [0.717, 1.165) is 110 Å². The Balaban J connectivity index is 0.803. The van der Waals surface area contributed by atoms with Gasteiger partial charge in [0.05, 0.1) is 16.8 Å². The van der Waals surface area contributed by atoms with Crippen LogP contribution in [0.5, 0.6) is 0 Å². The molecule has 0 bridgehead atoms. The van der Waals surface area contributed by atoms with Gasteiger partial charge in [0.1, 0.15) is 10.4 Å². The summed E-state index contributed by atoms with van der Waals surface area (Å²) in [5.74, 6) is 1.31. The minimum absolute atomic E-state index is 0.563. The minimum atomic E-state index is 0.563. The Labute approximate surface area is 431 Å². The molecule has 0 aliphatic carbocycles. The third-order valence-corrected chi connectivity index (χ3v) is 15.0. The molecule has 0 spiro atoms. The first-order valence-corrected chi connectivity index (χ1v) is 25.6. The molecule has 0 amide bonds. The minimum Gasteiger partial charge on any atom is -0.438 e. The van der Waals surface area contributed by atoms with Crippen LogP contribution in [0, 0.1) is 0 Å². The van der Waals surface area contributed by atoms with Gasteiger partial charge >= 0.3 is 0 Å². The van der Waals surface area contributed by atoms with Gasteiger partial charge in [-0.3, -0.25) is 0 Å². The number of furan rings is 1. The van der Waals surface area contributed by atoms with Crippen molar-refractivity contribution in [3.8, 4) is 101 Å². The molecule has 14 aromatic rings. The van der Waals surface area contributed by atoms with Gasteiger partial charge in [0.25, 0.3) is 0 Å². The summed E-state index contributed by atoms with van der Waals surface area (Å²) in [6.07, 6.45) is 0. The van der Waals surface area contributed by atoms with Crippen molar-refractivity contribution in [3.63, 3.8) is 0 Å². The van der Waals surface area contributed by atoms with Crippen LogP contribution in [0.2, 0.25) is 0 Å². The maximum Gasteiger partial charge on any atom is 0.231 e. The highest BCUT2D eigenvalue weighted by Gasteiger charge is 2.21. The maximum absolute atomic E-state index is 6.45. The molecule has 0 atom stereocenters. The molecule has 14 rings (SSSR count). The molecule has 0 aliphatic heterocycles. The molecule has 0 saturated heterocycles. The lowest BCUT2D eigenvalue weighted by Gasteiger charge is -2.12. The van der Waals surface area contributed by atoms with Crippen molar-refractivity contribution in [2.45, 2.75) is 0 Å². The van der Waals surface area contributed by atoms with Crippen molar-refractivity contribution in [2.75, 3.05) is 0 Å². The summed E-state index contributed by atoms with van der Waals surface area (Å²) in [5.41, 5.74) is 18.2. The monoisotopic (exact) mass is 962 g/mol. The lowest BCUT2D eigenvalue weighted by atomic mass is 9.95. The fourth-order valence-electron chi connectivity index (χ4n) is 10.3. The summed E-state index contributed by atoms with van der Waals surface area (Å²) >= 11 is 1.72. The van der Waals surface area contributed by atoms with Gasteiger partial charge in [0, 0.05) is 43.1 Å². The zero-order chi connectivity index (χ0) is 49.0. The highest BCUT2D eigenvalue weighted by molar-refractivity contribution is 7.25. The number of hydrogen-bond acceptors (Lipinski definition) is 6. The van der Waals surface area contributed by atoms with E-state index in [2.05, 4.69) is 231 Å². The number of hydrogen-bond donors (Lipinski definition) is 0. The first-order chi connectivity index (χ1) is 36.6. The third kappa shape index (κ3) is 7.91. The van der Waals surface area contributed by atoms with E-state index in [0.29, 0.717) is 17.4 Å². The molecule has 0 N–H and O–H groups in total.